The molecule has 0 radical (unpaired) electrons. The van der Waals surface area contributed by atoms with Crippen LogP contribution in [-0.2, 0) is 17.9 Å². The smallest absolute Gasteiger partial charge is 0.358 e. The van der Waals surface area contributed by atoms with E-state index >= 15 is 0 Å². The zero-order valence-corrected chi connectivity index (χ0v) is 10.5. The molecule has 2 rings (SSSR count). The van der Waals surface area contributed by atoms with E-state index in [9.17, 15) is 13.6 Å². The third-order valence-corrected chi connectivity index (χ3v) is 2.64. The molecule has 20 heavy (non-hydrogen) atoms. The predicted molar refractivity (Wildman–Crippen MR) is 63.2 cm³/mol. The lowest BCUT2D eigenvalue weighted by atomic mass is 10.2. The predicted octanol–water partition coefficient (Wildman–Crippen LogP) is 1.45. The fraction of sp³-hybridized carbons (Fsp3) is 0.250. The number of rotatable bonds is 5. The van der Waals surface area contributed by atoms with Crippen molar-refractivity contribution in [3.05, 3.63) is 46.8 Å². The van der Waals surface area contributed by atoms with Crippen LogP contribution in [0.3, 0.4) is 0 Å². The van der Waals surface area contributed by atoms with Crippen molar-refractivity contribution < 1.29 is 23.4 Å². The number of hydrogen-bond donors (Lipinski definition) is 1. The molecule has 0 fully saturated rings. The normalized spacial score (nSPS) is 10.8. The van der Waals surface area contributed by atoms with E-state index in [1.807, 2.05) is 0 Å². The van der Waals surface area contributed by atoms with E-state index in [1.54, 1.807) is 0 Å². The van der Waals surface area contributed by atoms with Gasteiger partial charge in [0.2, 0.25) is 0 Å². The van der Waals surface area contributed by atoms with Gasteiger partial charge in [-0.05, 0) is 17.7 Å². The maximum Gasteiger partial charge on any atom is 0.358 e. The SMILES string of the molecule is COCc1c(C(=O)O)nnn1Cc1ccc(F)c(F)c1. The summed E-state index contributed by atoms with van der Waals surface area (Å²) in [7, 11) is 1.40. The van der Waals surface area contributed by atoms with Crippen LogP contribution < -0.4 is 0 Å². The Kier molecular flexibility index (Phi) is 4.04. The molecule has 106 valence electrons. The summed E-state index contributed by atoms with van der Waals surface area (Å²) in [5.74, 6) is -3.15. The Morgan fingerprint density at radius 2 is 2.15 bits per heavy atom. The molecule has 1 N–H and O–H groups in total. The van der Waals surface area contributed by atoms with Gasteiger partial charge in [0.25, 0.3) is 0 Å². The molecule has 0 amide bonds. The minimum Gasteiger partial charge on any atom is -0.476 e. The summed E-state index contributed by atoms with van der Waals surface area (Å²) in [6, 6.07) is 3.40. The molecule has 0 saturated carbocycles. The molecule has 0 bridgehead atoms. The molecule has 8 heteroatoms. The molecule has 0 unspecified atom stereocenters. The third kappa shape index (κ3) is 2.80. The van der Waals surface area contributed by atoms with Crippen LogP contribution in [0.15, 0.2) is 18.2 Å². The molecule has 0 aliphatic heterocycles. The standard InChI is InChI=1S/C12H11F2N3O3/c1-20-6-10-11(12(18)19)15-16-17(10)5-7-2-3-8(13)9(14)4-7/h2-4H,5-6H2,1H3,(H,18,19). The van der Waals surface area contributed by atoms with Gasteiger partial charge < -0.3 is 9.84 Å². The zero-order valence-electron chi connectivity index (χ0n) is 10.5. The van der Waals surface area contributed by atoms with Gasteiger partial charge in [-0.15, -0.1) is 5.10 Å². The van der Waals surface area contributed by atoms with E-state index in [2.05, 4.69) is 10.3 Å². The summed E-state index contributed by atoms with van der Waals surface area (Å²) < 4.78 is 32.1. The van der Waals surface area contributed by atoms with Crippen LogP contribution in [-0.4, -0.2) is 33.2 Å². The number of carboxylic acids is 1. The summed E-state index contributed by atoms with van der Waals surface area (Å²) in [5, 5.41) is 16.2. The van der Waals surface area contributed by atoms with Gasteiger partial charge in [-0.2, -0.15) is 0 Å². The molecule has 2 aromatic rings. The van der Waals surface area contributed by atoms with E-state index in [0.717, 1.165) is 12.1 Å². The Morgan fingerprint density at radius 1 is 1.40 bits per heavy atom. The molecule has 1 heterocycles. The van der Waals surface area contributed by atoms with E-state index < -0.39 is 17.6 Å². The lowest BCUT2D eigenvalue weighted by Crippen LogP contribution is -2.10. The van der Waals surface area contributed by atoms with Crippen molar-refractivity contribution in [2.75, 3.05) is 7.11 Å². The van der Waals surface area contributed by atoms with Crippen LogP contribution in [0.1, 0.15) is 21.7 Å². The number of nitrogens with zero attached hydrogens (tertiary/aromatic N) is 3. The highest BCUT2D eigenvalue weighted by Gasteiger charge is 2.19. The van der Waals surface area contributed by atoms with Crippen molar-refractivity contribution in [1.29, 1.82) is 0 Å². The number of carbonyl (C=O) groups is 1. The van der Waals surface area contributed by atoms with Crippen LogP contribution >= 0.6 is 0 Å². The molecule has 6 nitrogen and oxygen atoms in total. The van der Waals surface area contributed by atoms with Gasteiger partial charge in [0, 0.05) is 7.11 Å². The van der Waals surface area contributed by atoms with E-state index in [0.29, 0.717) is 5.56 Å². The van der Waals surface area contributed by atoms with Crippen LogP contribution in [0.2, 0.25) is 0 Å². The van der Waals surface area contributed by atoms with E-state index in [1.165, 1.54) is 17.9 Å². The highest BCUT2D eigenvalue weighted by Crippen LogP contribution is 2.13. The highest BCUT2D eigenvalue weighted by molar-refractivity contribution is 5.86. The summed E-state index contributed by atoms with van der Waals surface area (Å²) >= 11 is 0. The monoisotopic (exact) mass is 283 g/mol. The zero-order chi connectivity index (χ0) is 14.7. The summed E-state index contributed by atoms with van der Waals surface area (Å²) in [6.45, 7) is 0.0640. The largest absolute Gasteiger partial charge is 0.476 e. The highest BCUT2D eigenvalue weighted by atomic mass is 19.2. The second-order valence-electron chi connectivity index (χ2n) is 4.03. The second kappa shape index (κ2) is 5.74. The van der Waals surface area contributed by atoms with Crippen molar-refractivity contribution in [3.63, 3.8) is 0 Å². The second-order valence-corrected chi connectivity index (χ2v) is 4.03. The fourth-order valence-electron chi connectivity index (χ4n) is 1.72. The lowest BCUT2D eigenvalue weighted by molar-refractivity contribution is 0.0684. The van der Waals surface area contributed by atoms with Gasteiger partial charge in [-0.3, -0.25) is 0 Å². The molecule has 0 atom stereocenters. The number of benzene rings is 1. The molecular weight excluding hydrogens is 272 g/mol. The number of methoxy groups -OCH3 is 1. The van der Waals surface area contributed by atoms with Crippen molar-refractivity contribution in [2.24, 2.45) is 0 Å². The van der Waals surface area contributed by atoms with Crippen LogP contribution in [0.4, 0.5) is 8.78 Å². The molecule has 1 aromatic carbocycles. The lowest BCUT2D eigenvalue weighted by Gasteiger charge is -2.06. The molecule has 1 aromatic heterocycles. The first-order chi connectivity index (χ1) is 9.52. The van der Waals surface area contributed by atoms with Gasteiger partial charge in [-0.25, -0.2) is 18.3 Å². The molecule has 0 saturated heterocycles. The van der Waals surface area contributed by atoms with Gasteiger partial charge in [-0.1, -0.05) is 11.3 Å². The van der Waals surface area contributed by atoms with E-state index in [4.69, 9.17) is 9.84 Å². The Bertz CT molecular complexity index is 643. The average Bonchev–Trinajstić information content (AvgIpc) is 2.78. The van der Waals surface area contributed by atoms with Crippen LogP contribution in [0, 0.1) is 11.6 Å². The third-order valence-electron chi connectivity index (χ3n) is 2.64. The van der Waals surface area contributed by atoms with Crippen molar-refractivity contribution in [2.45, 2.75) is 13.2 Å². The Balaban J connectivity index is 2.32. The maximum absolute atomic E-state index is 13.1. The summed E-state index contributed by atoms with van der Waals surface area (Å²) in [5.41, 5.74) is 0.460. The van der Waals surface area contributed by atoms with Gasteiger partial charge in [0.15, 0.2) is 17.3 Å². The Labute approximate surface area is 112 Å². The molecule has 0 spiro atoms. The van der Waals surface area contributed by atoms with Crippen molar-refractivity contribution in [1.82, 2.24) is 15.0 Å². The van der Waals surface area contributed by atoms with Gasteiger partial charge in [0.1, 0.15) is 0 Å². The number of aromatic nitrogens is 3. The summed E-state index contributed by atoms with van der Waals surface area (Å²) in [4.78, 5) is 11.0. The number of hydrogen-bond acceptors (Lipinski definition) is 4. The van der Waals surface area contributed by atoms with Crippen LogP contribution in [0.5, 0.6) is 0 Å². The minimum absolute atomic E-state index is 0.00168. The Hall–Kier alpha value is -2.35. The average molecular weight is 283 g/mol. The molecule has 0 aliphatic rings. The van der Waals surface area contributed by atoms with Gasteiger partial charge >= 0.3 is 5.97 Å². The number of carboxylic acid groups (broad SMARTS) is 1. The van der Waals surface area contributed by atoms with Gasteiger partial charge in [0.05, 0.1) is 18.8 Å². The molecular formula is C12H11F2N3O3. The Morgan fingerprint density at radius 3 is 2.75 bits per heavy atom. The number of aromatic carboxylic acids is 1. The maximum atomic E-state index is 13.1. The first-order valence-corrected chi connectivity index (χ1v) is 5.61. The topological polar surface area (TPSA) is 77.2 Å². The first kappa shape index (κ1) is 14.1. The molecule has 0 aliphatic carbocycles. The van der Waals surface area contributed by atoms with Crippen LogP contribution in [0.25, 0.3) is 0 Å². The summed E-state index contributed by atoms with van der Waals surface area (Å²) in [6.07, 6.45) is 0. The quantitative estimate of drug-likeness (QED) is 0.898. The minimum atomic E-state index is -1.23. The van der Waals surface area contributed by atoms with Crippen molar-refractivity contribution >= 4 is 5.97 Å². The van der Waals surface area contributed by atoms with E-state index in [-0.39, 0.29) is 24.5 Å². The fourth-order valence-corrected chi connectivity index (χ4v) is 1.72. The first-order valence-electron chi connectivity index (χ1n) is 5.61. The van der Waals surface area contributed by atoms with Crippen molar-refractivity contribution in [3.8, 4) is 0 Å². The number of ether oxygens (including phenoxy) is 1. The number of halogens is 2.